The molecule has 2 aliphatic heterocycles. The number of fused-ring (bicyclic) bond motifs is 8. The maximum Gasteiger partial charge on any atom is 0.118 e. The number of hydrogen-bond donors (Lipinski definition) is 2. The van der Waals surface area contributed by atoms with Crippen molar-refractivity contribution in [1.29, 1.82) is 0 Å². The van der Waals surface area contributed by atoms with E-state index in [0.29, 0.717) is 0 Å². The Morgan fingerprint density at radius 1 is 0.413 bits per heavy atom. The molecule has 63 heavy (non-hydrogen) atoms. The number of aromatic nitrogens is 3. The number of aromatic amines is 2. The van der Waals surface area contributed by atoms with Crippen molar-refractivity contribution in [3.63, 3.8) is 0 Å². The van der Waals surface area contributed by atoms with Gasteiger partial charge < -0.3 is 28.9 Å². The van der Waals surface area contributed by atoms with Crippen LogP contribution in [0.2, 0.25) is 0 Å². The minimum atomic E-state index is 0.770. The maximum absolute atomic E-state index is 5.63. The molecule has 2 aliphatic rings. The fourth-order valence-electron chi connectivity index (χ4n) is 8.24. The molecular weight excluding hydrogens is 801 g/mol. The van der Waals surface area contributed by atoms with Crippen LogP contribution in [0.3, 0.4) is 0 Å². The third-order valence-electron chi connectivity index (χ3n) is 11.4. The Kier molecular flexibility index (Phi) is 10.6. The molecule has 0 unspecified atom stereocenters. The Morgan fingerprint density at radius 3 is 1.22 bits per heavy atom. The van der Waals surface area contributed by atoms with Crippen molar-refractivity contribution in [2.45, 2.75) is 9.79 Å². The zero-order valence-corrected chi connectivity index (χ0v) is 35.9. The zero-order valence-electron chi connectivity index (χ0n) is 35.1. The molecule has 0 saturated carbocycles. The van der Waals surface area contributed by atoms with Gasteiger partial charge in [-0.05, 0) is 119 Å². The number of nitrogens with one attached hydrogen (secondary N) is 2. The molecule has 0 aliphatic carbocycles. The molecule has 8 aromatic rings. The summed E-state index contributed by atoms with van der Waals surface area (Å²) in [5.74, 6) is 3.09. The standard InChI is InChI=1S/C54H42N4O4S/c1-59-37-18-10-33(11-19-37)49-42-32-55-53(54(42)63-41-8-6-5-7-9-41)52(36-16-24-40(62-4)25-17-36)48-31-30-47(58-48)51(35-14-22-39(61-3)23-15-35)46-29-28-45(57-46)50(44-27-26-43(49)56-44)34-12-20-38(60-2)21-13-34/h5-32,56,58H,1-4H3. The second-order valence-electron chi connectivity index (χ2n) is 15.0. The second-order valence-corrected chi connectivity index (χ2v) is 16.0. The quantitative estimate of drug-likeness (QED) is 0.142. The van der Waals surface area contributed by atoms with Crippen LogP contribution in [-0.2, 0) is 0 Å². The summed E-state index contributed by atoms with van der Waals surface area (Å²) in [6.45, 7) is 0. The van der Waals surface area contributed by atoms with E-state index in [1.165, 1.54) is 0 Å². The van der Waals surface area contributed by atoms with E-state index < -0.39 is 0 Å². The minimum absolute atomic E-state index is 0.770. The first kappa shape index (κ1) is 39.4. The van der Waals surface area contributed by atoms with Crippen LogP contribution in [0.4, 0.5) is 5.69 Å². The minimum Gasteiger partial charge on any atom is -0.497 e. The molecule has 0 radical (unpaired) electrons. The summed E-state index contributed by atoms with van der Waals surface area (Å²) in [7, 11) is 6.74. The lowest BCUT2D eigenvalue weighted by molar-refractivity contribution is 0.415. The summed E-state index contributed by atoms with van der Waals surface area (Å²) in [5, 5.41) is 0. The van der Waals surface area contributed by atoms with Gasteiger partial charge in [-0.25, -0.2) is 4.98 Å². The molecule has 0 atom stereocenters. The van der Waals surface area contributed by atoms with Crippen molar-refractivity contribution in [2.75, 3.05) is 28.4 Å². The van der Waals surface area contributed by atoms with Gasteiger partial charge >= 0.3 is 0 Å². The van der Waals surface area contributed by atoms with Crippen molar-refractivity contribution in [3.05, 3.63) is 169 Å². The third-order valence-corrected chi connectivity index (χ3v) is 12.5. The van der Waals surface area contributed by atoms with Crippen LogP contribution >= 0.6 is 11.8 Å². The number of ether oxygens (including phenoxy) is 4. The van der Waals surface area contributed by atoms with Crippen molar-refractivity contribution in [2.24, 2.45) is 4.99 Å². The fourth-order valence-corrected chi connectivity index (χ4v) is 9.29. The Morgan fingerprint density at radius 2 is 0.794 bits per heavy atom. The Bertz CT molecular complexity index is 3010. The first-order chi connectivity index (χ1) is 31.0. The first-order valence-electron chi connectivity index (χ1n) is 20.5. The summed E-state index contributed by atoms with van der Waals surface area (Å²) >= 11 is 1.70. The fraction of sp³-hybridized carbons (Fsp3) is 0.0741. The van der Waals surface area contributed by atoms with E-state index in [2.05, 4.69) is 119 Å². The van der Waals surface area contributed by atoms with E-state index in [1.54, 1.807) is 40.2 Å². The summed E-state index contributed by atoms with van der Waals surface area (Å²) in [4.78, 5) is 20.7. The number of nitrogens with zero attached hydrogens (tertiary/aromatic N) is 2. The molecule has 9 heteroatoms. The summed E-state index contributed by atoms with van der Waals surface area (Å²) in [6, 6.07) is 51.7. The molecule has 0 fully saturated rings. The predicted molar refractivity (Wildman–Crippen MR) is 258 cm³/mol. The molecule has 5 aromatic carbocycles. The van der Waals surface area contributed by atoms with Crippen LogP contribution in [0.1, 0.15) is 17.0 Å². The molecule has 8 bridgehead atoms. The smallest absolute Gasteiger partial charge is 0.118 e. The number of H-pyrrole nitrogens is 2. The topological polar surface area (TPSA) is 93.8 Å². The predicted octanol–water partition coefficient (Wildman–Crippen LogP) is 13.7. The molecule has 0 saturated heterocycles. The van der Waals surface area contributed by atoms with Crippen molar-refractivity contribution >= 4 is 57.9 Å². The molecule has 0 amide bonds. The van der Waals surface area contributed by atoms with Gasteiger partial charge in [0.2, 0.25) is 0 Å². The van der Waals surface area contributed by atoms with Gasteiger partial charge in [0.05, 0.1) is 45.5 Å². The lowest BCUT2D eigenvalue weighted by Crippen LogP contribution is -1.91. The Labute approximate surface area is 369 Å². The van der Waals surface area contributed by atoms with Gasteiger partial charge in [-0.1, -0.05) is 78.5 Å². The largest absolute Gasteiger partial charge is 0.497 e. The van der Waals surface area contributed by atoms with Crippen LogP contribution in [0.25, 0.3) is 78.7 Å². The zero-order chi connectivity index (χ0) is 42.9. The molecule has 3 aromatic heterocycles. The molecule has 308 valence electrons. The van der Waals surface area contributed by atoms with E-state index >= 15 is 0 Å². The lowest BCUT2D eigenvalue weighted by Gasteiger charge is -2.12. The number of hydrogen-bond acceptors (Lipinski definition) is 7. The lowest BCUT2D eigenvalue weighted by atomic mass is 10.00. The Hall–Kier alpha value is -7.75. The van der Waals surface area contributed by atoms with Gasteiger partial charge in [0.15, 0.2) is 0 Å². The molecule has 2 N–H and O–H groups in total. The number of rotatable bonds is 10. The average Bonchev–Trinajstić information content (AvgIpc) is 4.19. The van der Waals surface area contributed by atoms with Gasteiger partial charge in [-0.15, -0.1) is 0 Å². The average molecular weight is 843 g/mol. The highest BCUT2D eigenvalue weighted by Gasteiger charge is 2.24. The van der Waals surface area contributed by atoms with Gasteiger partial charge in [-0.3, -0.25) is 4.99 Å². The highest BCUT2D eigenvalue weighted by molar-refractivity contribution is 7.99. The molecule has 8 nitrogen and oxygen atoms in total. The van der Waals surface area contributed by atoms with Crippen LogP contribution in [-0.4, -0.2) is 49.6 Å². The molecule has 0 spiro atoms. The Balaban J connectivity index is 1.41. The normalized spacial score (nSPS) is 11.7. The first-order valence-corrected chi connectivity index (χ1v) is 21.3. The molecule has 5 heterocycles. The number of benzene rings is 5. The van der Waals surface area contributed by atoms with E-state index in [9.17, 15) is 0 Å². The number of methoxy groups -OCH3 is 4. The third kappa shape index (κ3) is 7.53. The highest BCUT2D eigenvalue weighted by atomic mass is 32.2. The summed E-state index contributed by atoms with van der Waals surface area (Å²) in [6.07, 6.45) is 6.22. The van der Waals surface area contributed by atoms with Crippen LogP contribution in [0.5, 0.6) is 23.0 Å². The van der Waals surface area contributed by atoms with Gasteiger partial charge in [0.1, 0.15) is 23.0 Å². The molecular formula is C54H42N4O4S. The van der Waals surface area contributed by atoms with Crippen molar-refractivity contribution in [1.82, 2.24) is 15.0 Å². The van der Waals surface area contributed by atoms with Gasteiger partial charge in [0, 0.05) is 65.9 Å². The van der Waals surface area contributed by atoms with Crippen LogP contribution in [0.15, 0.2) is 166 Å². The van der Waals surface area contributed by atoms with Crippen molar-refractivity contribution in [3.8, 4) is 67.5 Å². The summed E-state index contributed by atoms with van der Waals surface area (Å²) < 4.78 is 22.4. The van der Waals surface area contributed by atoms with Crippen molar-refractivity contribution < 1.29 is 18.9 Å². The number of aliphatic imine (C=N–C) groups is 1. The van der Waals surface area contributed by atoms with E-state index in [4.69, 9.17) is 28.9 Å². The van der Waals surface area contributed by atoms with E-state index in [-0.39, 0.29) is 0 Å². The van der Waals surface area contributed by atoms with Crippen LogP contribution < -0.4 is 18.9 Å². The second kappa shape index (κ2) is 17.0. The van der Waals surface area contributed by atoms with E-state index in [1.807, 2.05) is 60.8 Å². The SMILES string of the molecule is COc1ccc(-c2c3nc(c(-c4ccc(OC)cc4)c4ccc([nH]4)c(-c4ccc(OC)cc4)c4c(Sc5ccccc5)c(c(-c5ccc(OC)cc5)c5ccc2[nH]5)C=N4)C=C3)cc1. The maximum atomic E-state index is 5.63. The molecule has 10 rings (SSSR count). The van der Waals surface area contributed by atoms with E-state index in [0.717, 1.165) is 122 Å². The van der Waals surface area contributed by atoms with Gasteiger partial charge in [0.25, 0.3) is 0 Å². The van der Waals surface area contributed by atoms with Gasteiger partial charge in [-0.2, -0.15) is 0 Å². The van der Waals surface area contributed by atoms with Crippen LogP contribution in [0, 0.1) is 0 Å². The summed E-state index contributed by atoms with van der Waals surface area (Å²) in [5.41, 5.74) is 14.9. The monoisotopic (exact) mass is 842 g/mol. The highest BCUT2D eigenvalue weighted by Crippen LogP contribution is 2.49.